The van der Waals surface area contributed by atoms with Crippen LogP contribution in [0.25, 0.3) is 5.69 Å². The molecule has 0 fully saturated rings. The van der Waals surface area contributed by atoms with Crippen molar-refractivity contribution < 1.29 is 9.53 Å². The van der Waals surface area contributed by atoms with E-state index in [4.69, 9.17) is 4.74 Å². The highest BCUT2D eigenvalue weighted by Gasteiger charge is 2.10. The number of hydrogen-bond acceptors (Lipinski definition) is 5. The Balaban J connectivity index is 1.74. The van der Waals surface area contributed by atoms with Crippen LogP contribution in [0.4, 0.5) is 0 Å². The van der Waals surface area contributed by atoms with Crippen molar-refractivity contribution in [2.45, 2.75) is 13.5 Å². The summed E-state index contributed by atoms with van der Waals surface area (Å²) in [6, 6.07) is 6.70. The van der Waals surface area contributed by atoms with Crippen LogP contribution in [0.15, 0.2) is 46.8 Å². The van der Waals surface area contributed by atoms with Gasteiger partial charge in [0.15, 0.2) is 0 Å². The zero-order valence-electron chi connectivity index (χ0n) is 11.8. The van der Waals surface area contributed by atoms with E-state index < -0.39 is 5.97 Å². The van der Waals surface area contributed by atoms with E-state index in [1.54, 1.807) is 36.7 Å². The normalized spacial score (nSPS) is 10.6. The Morgan fingerprint density at radius 2 is 2.14 bits per heavy atom. The number of carbonyl (C=O) groups excluding carboxylic acids is 1. The number of rotatable bonds is 4. The second-order valence-corrected chi connectivity index (χ2v) is 5.60. The van der Waals surface area contributed by atoms with Gasteiger partial charge >= 0.3 is 11.7 Å². The number of carbonyl (C=O) groups is 1. The zero-order chi connectivity index (χ0) is 15.5. The fraction of sp³-hybridized carbons (Fsp3) is 0.133. The summed E-state index contributed by atoms with van der Waals surface area (Å²) < 4.78 is 6.72. The van der Waals surface area contributed by atoms with Gasteiger partial charge in [0.05, 0.1) is 11.3 Å². The molecule has 0 radical (unpaired) electrons. The number of nitrogens with zero attached hydrogens (tertiary/aromatic N) is 2. The van der Waals surface area contributed by atoms with Gasteiger partial charge in [-0.1, -0.05) is 0 Å². The molecule has 0 aliphatic carbocycles. The SMILES string of the molecule is Cc1c[nH]c(=O)n1-c1ccc(C(=O)OCc2nccs2)cc1. The second-order valence-electron chi connectivity index (χ2n) is 4.62. The van der Waals surface area contributed by atoms with Gasteiger partial charge in [0, 0.05) is 23.5 Å². The Labute approximate surface area is 130 Å². The predicted octanol–water partition coefficient (Wildman–Crippen LogP) is 2.29. The van der Waals surface area contributed by atoms with Crippen molar-refractivity contribution in [2.75, 3.05) is 0 Å². The lowest BCUT2D eigenvalue weighted by atomic mass is 10.2. The van der Waals surface area contributed by atoms with Crippen molar-refractivity contribution >= 4 is 17.3 Å². The van der Waals surface area contributed by atoms with Gasteiger partial charge in [-0.15, -0.1) is 11.3 Å². The molecule has 0 amide bonds. The topological polar surface area (TPSA) is 77.0 Å². The number of imidazole rings is 1. The number of benzene rings is 1. The van der Waals surface area contributed by atoms with Crippen molar-refractivity contribution in [1.29, 1.82) is 0 Å². The van der Waals surface area contributed by atoms with Gasteiger partial charge < -0.3 is 9.72 Å². The fourth-order valence-corrected chi connectivity index (χ4v) is 2.59. The third kappa shape index (κ3) is 2.84. The average molecular weight is 315 g/mol. The van der Waals surface area contributed by atoms with Gasteiger partial charge in [-0.2, -0.15) is 0 Å². The molecule has 3 aromatic rings. The second kappa shape index (κ2) is 5.98. The van der Waals surface area contributed by atoms with Crippen LogP contribution >= 0.6 is 11.3 Å². The first-order chi connectivity index (χ1) is 10.6. The summed E-state index contributed by atoms with van der Waals surface area (Å²) in [6.45, 7) is 1.99. The van der Waals surface area contributed by atoms with Crippen LogP contribution in [0.2, 0.25) is 0 Å². The molecule has 0 bridgehead atoms. The molecule has 0 aliphatic heterocycles. The Kier molecular flexibility index (Phi) is 3.88. The number of aromatic nitrogens is 3. The van der Waals surface area contributed by atoms with E-state index in [0.717, 1.165) is 10.7 Å². The monoisotopic (exact) mass is 315 g/mol. The molecule has 0 spiro atoms. The highest BCUT2D eigenvalue weighted by molar-refractivity contribution is 7.09. The summed E-state index contributed by atoms with van der Waals surface area (Å²) in [5.74, 6) is -0.417. The number of nitrogens with one attached hydrogen (secondary N) is 1. The summed E-state index contributed by atoms with van der Waals surface area (Å²) in [5.41, 5.74) is 1.71. The van der Waals surface area contributed by atoms with E-state index >= 15 is 0 Å². The molecule has 1 N–H and O–H groups in total. The Bertz CT molecular complexity index is 832. The third-order valence-electron chi connectivity index (χ3n) is 3.13. The lowest BCUT2D eigenvalue weighted by Gasteiger charge is -2.06. The molecule has 2 aromatic heterocycles. The molecule has 22 heavy (non-hydrogen) atoms. The maximum Gasteiger partial charge on any atom is 0.338 e. The van der Waals surface area contributed by atoms with Gasteiger partial charge in [-0.25, -0.2) is 14.6 Å². The van der Waals surface area contributed by atoms with E-state index in [9.17, 15) is 9.59 Å². The average Bonchev–Trinajstić information content (AvgIpc) is 3.15. The number of thiazole rings is 1. The van der Waals surface area contributed by atoms with Gasteiger partial charge in [0.1, 0.15) is 11.6 Å². The molecular weight excluding hydrogens is 302 g/mol. The maximum atomic E-state index is 12.0. The molecule has 7 heteroatoms. The number of hydrogen-bond donors (Lipinski definition) is 1. The Morgan fingerprint density at radius 3 is 2.73 bits per heavy atom. The smallest absolute Gasteiger partial charge is 0.338 e. The summed E-state index contributed by atoms with van der Waals surface area (Å²) in [5, 5.41) is 2.58. The molecule has 6 nitrogen and oxygen atoms in total. The van der Waals surface area contributed by atoms with Crippen LogP contribution in [0.5, 0.6) is 0 Å². The molecule has 0 atom stereocenters. The van der Waals surface area contributed by atoms with Crippen LogP contribution in [-0.2, 0) is 11.3 Å². The summed E-state index contributed by atoms with van der Waals surface area (Å²) in [6.07, 6.45) is 3.30. The molecule has 0 saturated carbocycles. The first-order valence-corrected chi connectivity index (χ1v) is 7.46. The van der Waals surface area contributed by atoms with Gasteiger partial charge in [0.25, 0.3) is 0 Å². The van der Waals surface area contributed by atoms with Crippen LogP contribution in [-0.4, -0.2) is 20.5 Å². The van der Waals surface area contributed by atoms with E-state index in [-0.39, 0.29) is 12.3 Å². The van der Waals surface area contributed by atoms with Crippen LogP contribution < -0.4 is 5.69 Å². The van der Waals surface area contributed by atoms with Crippen molar-refractivity contribution in [3.8, 4) is 5.69 Å². The zero-order valence-corrected chi connectivity index (χ0v) is 12.6. The molecule has 2 heterocycles. The molecule has 1 aromatic carbocycles. The molecule has 0 saturated heterocycles. The maximum absolute atomic E-state index is 12.0. The van der Waals surface area contributed by atoms with E-state index in [1.807, 2.05) is 12.3 Å². The number of H-pyrrole nitrogens is 1. The van der Waals surface area contributed by atoms with Crippen LogP contribution in [0.3, 0.4) is 0 Å². The number of esters is 1. The first-order valence-electron chi connectivity index (χ1n) is 6.58. The van der Waals surface area contributed by atoms with Crippen LogP contribution in [0, 0.1) is 6.92 Å². The molecule has 0 aliphatic rings. The van der Waals surface area contributed by atoms with Crippen molar-refractivity contribution in [3.05, 3.63) is 68.8 Å². The number of ether oxygens (including phenoxy) is 1. The van der Waals surface area contributed by atoms with E-state index in [0.29, 0.717) is 11.3 Å². The van der Waals surface area contributed by atoms with E-state index in [2.05, 4.69) is 9.97 Å². The molecule has 0 unspecified atom stereocenters. The Morgan fingerprint density at radius 1 is 1.36 bits per heavy atom. The van der Waals surface area contributed by atoms with Crippen molar-refractivity contribution in [3.63, 3.8) is 0 Å². The highest BCUT2D eigenvalue weighted by Crippen LogP contribution is 2.12. The largest absolute Gasteiger partial charge is 0.455 e. The Hall–Kier alpha value is -2.67. The van der Waals surface area contributed by atoms with Gasteiger partial charge in [-0.3, -0.25) is 4.57 Å². The van der Waals surface area contributed by atoms with E-state index in [1.165, 1.54) is 15.9 Å². The molecule has 112 valence electrons. The summed E-state index contributed by atoms with van der Waals surface area (Å²) in [7, 11) is 0. The molecule has 3 rings (SSSR count). The lowest BCUT2D eigenvalue weighted by Crippen LogP contribution is -2.16. The minimum atomic E-state index is -0.417. The summed E-state index contributed by atoms with van der Waals surface area (Å²) in [4.78, 5) is 30.3. The third-order valence-corrected chi connectivity index (χ3v) is 3.88. The number of aromatic amines is 1. The minimum Gasteiger partial charge on any atom is -0.455 e. The number of aryl methyl sites for hydroxylation is 1. The summed E-state index contributed by atoms with van der Waals surface area (Å²) >= 11 is 1.43. The minimum absolute atomic E-state index is 0.161. The highest BCUT2D eigenvalue weighted by atomic mass is 32.1. The van der Waals surface area contributed by atoms with Crippen molar-refractivity contribution in [2.24, 2.45) is 0 Å². The quantitative estimate of drug-likeness (QED) is 0.749. The van der Waals surface area contributed by atoms with Gasteiger partial charge in [0.2, 0.25) is 0 Å². The lowest BCUT2D eigenvalue weighted by molar-refractivity contribution is 0.0472. The van der Waals surface area contributed by atoms with Crippen LogP contribution in [0.1, 0.15) is 21.1 Å². The molecular formula is C15H13N3O3S. The van der Waals surface area contributed by atoms with Crippen molar-refractivity contribution in [1.82, 2.24) is 14.5 Å². The first kappa shape index (κ1) is 14.3. The fourth-order valence-electron chi connectivity index (χ4n) is 2.06. The van der Waals surface area contributed by atoms with Gasteiger partial charge in [-0.05, 0) is 31.2 Å². The predicted molar refractivity (Wildman–Crippen MR) is 82.4 cm³/mol. The standard InChI is InChI=1S/C15H13N3O3S/c1-10-8-17-15(20)18(10)12-4-2-11(3-5-12)14(19)21-9-13-16-6-7-22-13/h2-8H,9H2,1H3,(H,17,20).